The summed E-state index contributed by atoms with van der Waals surface area (Å²) in [5, 5.41) is 3.75. The van der Waals surface area contributed by atoms with Gasteiger partial charge in [0.15, 0.2) is 0 Å². The van der Waals surface area contributed by atoms with Crippen molar-refractivity contribution in [2.45, 2.75) is 51.5 Å². The lowest BCUT2D eigenvalue weighted by Gasteiger charge is -2.34. The predicted molar refractivity (Wildman–Crippen MR) is 102 cm³/mol. The van der Waals surface area contributed by atoms with Crippen LogP contribution in [-0.4, -0.2) is 30.7 Å². The molecule has 0 amide bonds. The molecule has 2 heterocycles. The molecule has 24 heavy (non-hydrogen) atoms. The smallest absolute Gasteiger partial charge is 0.0797 e. The minimum absolute atomic E-state index is 0.670. The Morgan fingerprint density at radius 3 is 2.83 bits per heavy atom. The van der Waals surface area contributed by atoms with Gasteiger partial charge in [-0.15, -0.1) is 11.3 Å². The van der Waals surface area contributed by atoms with Gasteiger partial charge in [0, 0.05) is 36.2 Å². The van der Waals surface area contributed by atoms with E-state index in [1.807, 2.05) is 5.51 Å². The van der Waals surface area contributed by atoms with Gasteiger partial charge in [-0.2, -0.15) is 0 Å². The Balaban J connectivity index is 1.25. The van der Waals surface area contributed by atoms with Crippen LogP contribution in [-0.2, 0) is 19.3 Å². The Bertz CT molecular complexity index is 686. The van der Waals surface area contributed by atoms with Crippen molar-refractivity contribution in [2.24, 2.45) is 0 Å². The molecule has 2 aromatic rings. The Morgan fingerprint density at radius 1 is 1.21 bits per heavy atom. The number of nitrogens with one attached hydrogen (secondary N) is 1. The first-order valence-corrected chi connectivity index (χ1v) is 10.2. The number of nitrogens with zero attached hydrogens (tertiary/aromatic N) is 2. The normalized spacial score (nSPS) is 18.1. The first kappa shape index (κ1) is 16.1. The van der Waals surface area contributed by atoms with E-state index in [9.17, 15) is 0 Å². The first-order valence-electron chi connectivity index (χ1n) is 9.29. The third kappa shape index (κ3) is 3.50. The average molecular weight is 342 g/mol. The van der Waals surface area contributed by atoms with E-state index in [1.165, 1.54) is 61.5 Å². The van der Waals surface area contributed by atoms with Gasteiger partial charge in [0.1, 0.15) is 0 Å². The van der Waals surface area contributed by atoms with Crippen molar-refractivity contribution in [3.63, 3.8) is 0 Å². The Hall–Kier alpha value is -1.39. The minimum Gasteiger partial charge on any atom is -0.371 e. The molecular weight excluding hydrogens is 314 g/mol. The largest absolute Gasteiger partial charge is 0.371 e. The number of anilines is 1. The number of aromatic nitrogens is 1. The molecule has 1 N–H and O–H groups in total. The number of fused-ring (bicyclic) bond motifs is 1. The molecule has 2 aliphatic rings. The van der Waals surface area contributed by atoms with Gasteiger partial charge in [0.2, 0.25) is 0 Å². The molecule has 1 fully saturated rings. The van der Waals surface area contributed by atoms with Crippen molar-refractivity contribution in [3.05, 3.63) is 45.4 Å². The Kier molecular flexibility index (Phi) is 4.86. The maximum Gasteiger partial charge on any atom is 0.0797 e. The monoisotopic (exact) mass is 341 g/mol. The summed E-state index contributed by atoms with van der Waals surface area (Å²) >= 11 is 1.78. The van der Waals surface area contributed by atoms with Crippen LogP contribution in [0.5, 0.6) is 0 Å². The number of benzene rings is 1. The van der Waals surface area contributed by atoms with Crippen LogP contribution in [0.2, 0.25) is 0 Å². The van der Waals surface area contributed by atoms with Gasteiger partial charge in [-0.05, 0) is 68.7 Å². The summed E-state index contributed by atoms with van der Waals surface area (Å²) in [5.74, 6) is 0. The summed E-state index contributed by atoms with van der Waals surface area (Å²) in [7, 11) is 0. The summed E-state index contributed by atoms with van der Waals surface area (Å²) in [6.07, 6.45) is 7.50. The Morgan fingerprint density at radius 2 is 2.04 bits per heavy atom. The lowest BCUT2D eigenvalue weighted by Crippen LogP contribution is -2.43. The highest BCUT2D eigenvalue weighted by atomic mass is 32.1. The molecule has 3 nitrogen and oxygen atoms in total. The lowest BCUT2D eigenvalue weighted by atomic mass is 10.0. The molecule has 1 aromatic carbocycles. The van der Waals surface area contributed by atoms with E-state index < -0.39 is 0 Å². The third-order valence-electron chi connectivity index (χ3n) is 5.57. The number of hydrogen-bond donors (Lipinski definition) is 1. The van der Waals surface area contributed by atoms with Crippen molar-refractivity contribution >= 4 is 17.0 Å². The van der Waals surface area contributed by atoms with Crippen LogP contribution < -0.4 is 10.2 Å². The maximum absolute atomic E-state index is 4.33. The standard InChI is InChI=1S/C20H27N3S/c1-15-20(24-14-22-15)7-10-21-18-8-11-23(12-9-18)19-6-5-16-3-2-4-17(16)13-19/h5-6,13-14,18,21H,2-4,7-12H2,1H3. The lowest BCUT2D eigenvalue weighted by molar-refractivity contribution is 0.418. The summed E-state index contributed by atoms with van der Waals surface area (Å²) in [6, 6.07) is 7.82. The molecule has 1 saturated heterocycles. The van der Waals surface area contributed by atoms with Crippen LogP contribution >= 0.6 is 11.3 Å². The zero-order valence-electron chi connectivity index (χ0n) is 14.6. The SMILES string of the molecule is Cc1ncsc1CCNC1CCN(c2ccc3c(c2)CCC3)CC1. The van der Waals surface area contributed by atoms with E-state index in [0.29, 0.717) is 6.04 Å². The van der Waals surface area contributed by atoms with Crippen LogP contribution in [0.1, 0.15) is 41.0 Å². The number of rotatable bonds is 5. The molecule has 4 rings (SSSR count). The van der Waals surface area contributed by atoms with Crippen molar-refractivity contribution in [1.29, 1.82) is 0 Å². The highest BCUT2D eigenvalue weighted by Crippen LogP contribution is 2.28. The van der Waals surface area contributed by atoms with Crippen molar-refractivity contribution in [3.8, 4) is 0 Å². The Labute approximate surface area is 149 Å². The topological polar surface area (TPSA) is 28.2 Å². The van der Waals surface area contributed by atoms with Crippen molar-refractivity contribution in [1.82, 2.24) is 10.3 Å². The fraction of sp³-hybridized carbons (Fsp3) is 0.550. The van der Waals surface area contributed by atoms with Crippen molar-refractivity contribution < 1.29 is 0 Å². The number of piperidine rings is 1. The quantitative estimate of drug-likeness (QED) is 0.898. The van der Waals surface area contributed by atoms with Gasteiger partial charge in [0.25, 0.3) is 0 Å². The van der Waals surface area contributed by atoms with Gasteiger partial charge >= 0.3 is 0 Å². The van der Waals surface area contributed by atoms with Crippen LogP contribution in [0.25, 0.3) is 0 Å². The van der Waals surface area contributed by atoms with Gasteiger partial charge in [-0.1, -0.05) is 6.07 Å². The van der Waals surface area contributed by atoms with E-state index in [2.05, 4.69) is 40.3 Å². The highest BCUT2D eigenvalue weighted by Gasteiger charge is 2.20. The predicted octanol–water partition coefficient (Wildman–Crippen LogP) is 3.74. The summed E-state index contributed by atoms with van der Waals surface area (Å²) in [5.41, 5.74) is 7.77. The molecule has 0 spiro atoms. The van der Waals surface area contributed by atoms with Crippen LogP contribution in [0.15, 0.2) is 23.7 Å². The second-order valence-electron chi connectivity index (χ2n) is 7.13. The number of aryl methyl sites for hydroxylation is 3. The second-order valence-corrected chi connectivity index (χ2v) is 8.07. The van der Waals surface area contributed by atoms with E-state index >= 15 is 0 Å². The molecule has 4 heteroatoms. The van der Waals surface area contributed by atoms with Crippen LogP contribution in [0.3, 0.4) is 0 Å². The number of thiazole rings is 1. The molecular formula is C20H27N3S. The number of hydrogen-bond acceptors (Lipinski definition) is 4. The van der Waals surface area contributed by atoms with Crippen LogP contribution in [0.4, 0.5) is 5.69 Å². The maximum atomic E-state index is 4.33. The van der Waals surface area contributed by atoms with E-state index in [1.54, 1.807) is 22.5 Å². The fourth-order valence-corrected chi connectivity index (χ4v) is 4.83. The average Bonchev–Trinajstić information content (AvgIpc) is 3.24. The van der Waals surface area contributed by atoms with Gasteiger partial charge in [-0.25, -0.2) is 4.98 Å². The molecule has 0 radical (unpaired) electrons. The molecule has 0 atom stereocenters. The highest BCUT2D eigenvalue weighted by molar-refractivity contribution is 7.09. The summed E-state index contributed by atoms with van der Waals surface area (Å²) in [4.78, 5) is 8.34. The molecule has 1 aromatic heterocycles. The minimum atomic E-state index is 0.670. The summed E-state index contributed by atoms with van der Waals surface area (Å²) in [6.45, 7) is 5.54. The molecule has 128 valence electrons. The summed E-state index contributed by atoms with van der Waals surface area (Å²) < 4.78 is 0. The van der Waals surface area contributed by atoms with E-state index in [-0.39, 0.29) is 0 Å². The van der Waals surface area contributed by atoms with Crippen molar-refractivity contribution in [2.75, 3.05) is 24.5 Å². The van der Waals surface area contributed by atoms with E-state index in [0.717, 1.165) is 13.0 Å². The second kappa shape index (κ2) is 7.24. The molecule has 0 unspecified atom stereocenters. The zero-order valence-corrected chi connectivity index (χ0v) is 15.4. The molecule has 0 saturated carbocycles. The van der Waals surface area contributed by atoms with Crippen LogP contribution in [0, 0.1) is 6.92 Å². The van der Waals surface area contributed by atoms with E-state index in [4.69, 9.17) is 0 Å². The zero-order chi connectivity index (χ0) is 16.4. The third-order valence-corrected chi connectivity index (χ3v) is 6.57. The van der Waals surface area contributed by atoms with Gasteiger partial charge in [0.05, 0.1) is 11.2 Å². The molecule has 1 aliphatic carbocycles. The molecule has 0 bridgehead atoms. The van der Waals surface area contributed by atoms with Gasteiger partial charge in [-0.3, -0.25) is 0 Å². The molecule has 1 aliphatic heterocycles. The fourth-order valence-electron chi connectivity index (χ4n) is 4.05. The first-order chi connectivity index (χ1) is 11.8. The van der Waals surface area contributed by atoms with Gasteiger partial charge < -0.3 is 10.2 Å².